The molecule has 6 heteroatoms. The van der Waals surface area contributed by atoms with E-state index in [1.165, 1.54) is 11.1 Å². The van der Waals surface area contributed by atoms with Crippen LogP contribution < -0.4 is 4.74 Å². The molecule has 5 nitrogen and oxygen atoms in total. The topological polar surface area (TPSA) is 62.7 Å². The number of aliphatic carboxylic acids is 1. The minimum atomic E-state index is -1.12. The number of unbranched alkanes of at least 4 members (excludes halogenated alkanes) is 1. The maximum Gasteiger partial charge on any atom is 0.303 e. The van der Waals surface area contributed by atoms with Gasteiger partial charge in [0.05, 0.1) is 12.6 Å². The fourth-order valence-corrected chi connectivity index (χ4v) is 5.79. The Hall–Kier alpha value is -2.99. The van der Waals surface area contributed by atoms with Gasteiger partial charge in [-0.25, -0.2) is 4.39 Å². The molecule has 0 bridgehead atoms. The summed E-state index contributed by atoms with van der Waals surface area (Å²) in [7, 11) is 1.60. The average molecular weight is 507 g/mol. The van der Waals surface area contributed by atoms with Crippen LogP contribution in [0, 0.1) is 18.8 Å². The van der Waals surface area contributed by atoms with Gasteiger partial charge in [0.2, 0.25) is 0 Å². The quantitative estimate of drug-likeness (QED) is 0.274. The summed E-state index contributed by atoms with van der Waals surface area (Å²) in [5.74, 6) is 0.201. The zero-order valence-electron chi connectivity index (χ0n) is 22.0. The Morgan fingerprint density at radius 1 is 1.19 bits per heavy atom. The number of hydrogen-bond acceptors (Lipinski definition) is 4. The number of carbonyl (C=O) groups is 1. The zero-order valence-corrected chi connectivity index (χ0v) is 22.0. The number of benzene rings is 2. The van der Waals surface area contributed by atoms with E-state index in [0.29, 0.717) is 24.2 Å². The van der Waals surface area contributed by atoms with E-state index in [-0.39, 0.29) is 18.3 Å². The number of pyridine rings is 1. The van der Waals surface area contributed by atoms with Crippen LogP contribution in [0.15, 0.2) is 54.7 Å². The largest absolute Gasteiger partial charge is 0.497 e. The van der Waals surface area contributed by atoms with Crippen LogP contribution in [0.3, 0.4) is 0 Å². The van der Waals surface area contributed by atoms with Crippen molar-refractivity contribution in [2.45, 2.75) is 58.0 Å². The van der Waals surface area contributed by atoms with Crippen LogP contribution >= 0.6 is 0 Å². The zero-order chi connectivity index (χ0) is 26.2. The number of ether oxygens (including phenoxy) is 1. The highest BCUT2D eigenvalue weighted by atomic mass is 19.1. The van der Waals surface area contributed by atoms with E-state index in [1.54, 1.807) is 19.4 Å². The van der Waals surface area contributed by atoms with Gasteiger partial charge in [0.15, 0.2) is 0 Å². The highest BCUT2D eigenvalue weighted by Crippen LogP contribution is 2.36. The van der Waals surface area contributed by atoms with Crippen molar-refractivity contribution in [3.8, 4) is 5.75 Å². The van der Waals surface area contributed by atoms with Crippen molar-refractivity contribution in [2.75, 3.05) is 26.7 Å². The highest BCUT2D eigenvalue weighted by Gasteiger charge is 2.31. The second-order valence-electron chi connectivity index (χ2n) is 10.5. The predicted octanol–water partition coefficient (Wildman–Crippen LogP) is 6.78. The van der Waals surface area contributed by atoms with Crippen molar-refractivity contribution in [1.82, 2.24) is 9.88 Å². The summed E-state index contributed by atoms with van der Waals surface area (Å²) in [5, 5.41) is 10.3. The molecule has 2 aromatic carbocycles. The molecule has 1 aromatic heterocycles. The molecular formula is C31H39FN2O3. The summed E-state index contributed by atoms with van der Waals surface area (Å²) >= 11 is 0. The Morgan fingerprint density at radius 2 is 2.05 bits per heavy atom. The van der Waals surface area contributed by atoms with Crippen molar-refractivity contribution >= 4 is 16.9 Å². The third-order valence-electron chi connectivity index (χ3n) is 7.80. The van der Waals surface area contributed by atoms with Crippen LogP contribution in [0.4, 0.5) is 4.39 Å². The Kier molecular flexibility index (Phi) is 9.51. The molecule has 1 N–H and O–H groups in total. The number of nitrogens with zero attached hydrogens (tertiary/aromatic N) is 2. The number of methoxy groups -OCH3 is 1. The van der Waals surface area contributed by atoms with E-state index in [9.17, 15) is 9.90 Å². The molecule has 2 heterocycles. The Labute approximate surface area is 219 Å². The van der Waals surface area contributed by atoms with Gasteiger partial charge in [-0.15, -0.1) is 0 Å². The summed E-state index contributed by atoms with van der Waals surface area (Å²) in [6.45, 7) is 4.86. The van der Waals surface area contributed by atoms with Gasteiger partial charge < -0.3 is 14.7 Å². The number of rotatable bonds is 12. The Bertz CT molecular complexity index is 1180. The van der Waals surface area contributed by atoms with Gasteiger partial charge in [-0.05, 0) is 106 Å². The lowest BCUT2D eigenvalue weighted by Gasteiger charge is -2.38. The van der Waals surface area contributed by atoms with Crippen LogP contribution in [0.1, 0.15) is 61.4 Å². The van der Waals surface area contributed by atoms with Gasteiger partial charge >= 0.3 is 5.97 Å². The SMILES string of the molecule is COc1ccc2nccc([C@H](F)CC[C@@H]3CCN(CCCCc4cccc(C)c4)C[C@@H]3CC(=O)O)c2c1. The average Bonchev–Trinajstić information content (AvgIpc) is 2.89. The minimum Gasteiger partial charge on any atom is -0.497 e. The van der Waals surface area contributed by atoms with Gasteiger partial charge in [0, 0.05) is 24.5 Å². The third kappa shape index (κ3) is 7.51. The van der Waals surface area contributed by atoms with Gasteiger partial charge in [0.1, 0.15) is 11.9 Å². The van der Waals surface area contributed by atoms with Crippen molar-refractivity contribution in [3.05, 3.63) is 71.4 Å². The molecule has 0 spiro atoms. The first-order valence-electron chi connectivity index (χ1n) is 13.5. The summed E-state index contributed by atoms with van der Waals surface area (Å²) in [4.78, 5) is 18.4. The molecular weight excluding hydrogens is 467 g/mol. The normalized spacial score (nSPS) is 19.1. The van der Waals surface area contributed by atoms with E-state index in [4.69, 9.17) is 4.74 Å². The second kappa shape index (κ2) is 13.0. The fraction of sp³-hybridized carbons (Fsp3) is 0.484. The molecule has 0 amide bonds. The monoisotopic (exact) mass is 506 g/mol. The number of aromatic nitrogens is 1. The lowest BCUT2D eigenvalue weighted by Crippen LogP contribution is -2.41. The number of halogens is 1. The maximum absolute atomic E-state index is 15.5. The summed E-state index contributed by atoms with van der Waals surface area (Å²) in [5.41, 5.74) is 4.05. The second-order valence-corrected chi connectivity index (χ2v) is 10.5. The number of carboxylic acid groups (broad SMARTS) is 1. The van der Waals surface area contributed by atoms with Crippen molar-refractivity contribution in [3.63, 3.8) is 0 Å². The number of aryl methyl sites for hydroxylation is 2. The molecule has 1 aliphatic heterocycles. The number of piperidine rings is 1. The lowest BCUT2D eigenvalue weighted by molar-refractivity contribution is -0.139. The standard InChI is InChI=1S/C31H39FN2O3/c1-22-6-5-8-23(18-22)7-3-4-16-34-17-14-24(25(21-34)19-31(35)36)9-11-29(32)27-13-15-33-30-12-10-26(37-2)20-28(27)30/h5-6,8,10,12-13,15,18,20,24-25,29H,3-4,7,9,11,14,16-17,19,21H2,1-2H3,(H,35,36)/t24-,25+,29-/m1/s1. The third-order valence-corrected chi connectivity index (χ3v) is 7.80. The molecule has 0 saturated carbocycles. The van der Waals surface area contributed by atoms with E-state index < -0.39 is 12.1 Å². The molecule has 1 saturated heterocycles. The fourth-order valence-electron chi connectivity index (χ4n) is 5.79. The summed E-state index contributed by atoms with van der Waals surface area (Å²) < 4.78 is 20.8. The van der Waals surface area contributed by atoms with E-state index >= 15 is 4.39 Å². The molecule has 0 aliphatic carbocycles. The van der Waals surface area contributed by atoms with Crippen LogP contribution in [0.25, 0.3) is 10.9 Å². The Morgan fingerprint density at radius 3 is 2.84 bits per heavy atom. The molecule has 3 aromatic rings. The molecule has 1 aliphatic rings. The smallest absolute Gasteiger partial charge is 0.303 e. The van der Waals surface area contributed by atoms with Gasteiger partial charge in [0.25, 0.3) is 0 Å². The highest BCUT2D eigenvalue weighted by molar-refractivity contribution is 5.83. The number of carboxylic acids is 1. The summed E-state index contributed by atoms with van der Waals surface area (Å²) in [6.07, 6.45) is 5.98. The number of fused-ring (bicyclic) bond motifs is 1. The van der Waals surface area contributed by atoms with Crippen LogP contribution in [0.5, 0.6) is 5.75 Å². The van der Waals surface area contributed by atoms with Crippen LogP contribution in [0.2, 0.25) is 0 Å². The first-order chi connectivity index (χ1) is 17.9. The van der Waals surface area contributed by atoms with Crippen molar-refractivity contribution in [1.29, 1.82) is 0 Å². The first kappa shape index (κ1) is 27.1. The molecule has 3 atom stereocenters. The van der Waals surface area contributed by atoms with E-state index in [1.807, 2.05) is 18.2 Å². The van der Waals surface area contributed by atoms with E-state index in [0.717, 1.165) is 56.2 Å². The van der Waals surface area contributed by atoms with Crippen molar-refractivity contribution in [2.24, 2.45) is 11.8 Å². The number of alkyl halides is 1. The van der Waals surface area contributed by atoms with Crippen LogP contribution in [-0.2, 0) is 11.2 Å². The summed E-state index contributed by atoms with van der Waals surface area (Å²) in [6, 6.07) is 15.9. The molecule has 198 valence electrons. The minimum absolute atomic E-state index is 0.0597. The lowest BCUT2D eigenvalue weighted by atomic mass is 9.79. The maximum atomic E-state index is 15.5. The molecule has 0 unspecified atom stereocenters. The number of likely N-dealkylation sites (tertiary alicyclic amines) is 1. The van der Waals surface area contributed by atoms with Gasteiger partial charge in [-0.1, -0.05) is 29.8 Å². The Balaban J connectivity index is 1.31. The number of hydrogen-bond donors (Lipinski definition) is 1. The van der Waals surface area contributed by atoms with Gasteiger partial charge in [-0.2, -0.15) is 0 Å². The van der Waals surface area contributed by atoms with Crippen molar-refractivity contribution < 1.29 is 19.0 Å². The van der Waals surface area contributed by atoms with E-state index in [2.05, 4.69) is 41.1 Å². The predicted molar refractivity (Wildman–Crippen MR) is 146 cm³/mol. The molecule has 1 fully saturated rings. The molecule has 37 heavy (non-hydrogen) atoms. The molecule has 4 rings (SSSR count). The molecule has 0 radical (unpaired) electrons. The first-order valence-corrected chi connectivity index (χ1v) is 13.5. The van der Waals surface area contributed by atoms with Crippen LogP contribution in [-0.4, -0.2) is 47.7 Å². The van der Waals surface area contributed by atoms with Gasteiger partial charge in [-0.3, -0.25) is 9.78 Å².